The molecule has 20 heavy (non-hydrogen) atoms. The van der Waals surface area contributed by atoms with Crippen molar-refractivity contribution in [3.05, 3.63) is 33.9 Å². The molecular formula is C13H18N2O5. The Hall–Kier alpha value is -2.15. The first-order valence-corrected chi connectivity index (χ1v) is 6.43. The summed E-state index contributed by atoms with van der Waals surface area (Å²) in [5.74, 6) is -1.20. The minimum absolute atomic E-state index is 0.0483. The highest BCUT2D eigenvalue weighted by atomic mass is 16.6. The van der Waals surface area contributed by atoms with E-state index >= 15 is 0 Å². The summed E-state index contributed by atoms with van der Waals surface area (Å²) in [6.07, 6.45) is 3.23. The van der Waals surface area contributed by atoms with E-state index in [9.17, 15) is 14.9 Å². The number of hydrogen-bond donors (Lipinski definition) is 3. The lowest BCUT2D eigenvalue weighted by molar-refractivity contribution is -0.384. The molecule has 110 valence electrons. The van der Waals surface area contributed by atoms with E-state index in [1.165, 1.54) is 18.2 Å². The fourth-order valence-electron chi connectivity index (χ4n) is 1.86. The highest BCUT2D eigenvalue weighted by Gasteiger charge is 2.20. The van der Waals surface area contributed by atoms with E-state index in [0.717, 1.165) is 25.7 Å². The van der Waals surface area contributed by atoms with Gasteiger partial charge < -0.3 is 15.5 Å². The third kappa shape index (κ3) is 4.51. The highest BCUT2D eigenvalue weighted by Crippen LogP contribution is 2.28. The van der Waals surface area contributed by atoms with Gasteiger partial charge in [0.25, 0.3) is 5.69 Å². The average Bonchev–Trinajstić information content (AvgIpc) is 2.42. The van der Waals surface area contributed by atoms with Crippen molar-refractivity contribution in [2.24, 2.45) is 0 Å². The zero-order valence-electron chi connectivity index (χ0n) is 11.0. The number of nitro groups is 1. The molecule has 0 fully saturated rings. The number of carboxylic acid groups (broad SMARTS) is 1. The van der Waals surface area contributed by atoms with E-state index < -0.39 is 10.9 Å². The minimum atomic E-state index is -1.20. The van der Waals surface area contributed by atoms with Crippen LogP contribution in [0.3, 0.4) is 0 Å². The molecule has 7 nitrogen and oxygen atoms in total. The van der Waals surface area contributed by atoms with Crippen molar-refractivity contribution >= 4 is 17.3 Å². The molecule has 0 heterocycles. The molecule has 0 radical (unpaired) electrons. The number of nitrogens with zero attached hydrogens (tertiary/aromatic N) is 1. The molecule has 3 N–H and O–H groups in total. The number of para-hydroxylation sites is 1. The van der Waals surface area contributed by atoms with Crippen molar-refractivity contribution in [1.82, 2.24) is 0 Å². The van der Waals surface area contributed by atoms with E-state index in [0.29, 0.717) is 6.54 Å². The quantitative estimate of drug-likeness (QED) is 0.364. The number of nitrogens with one attached hydrogen (secondary N) is 1. The summed E-state index contributed by atoms with van der Waals surface area (Å²) in [4.78, 5) is 21.4. The van der Waals surface area contributed by atoms with Crippen LogP contribution in [0.25, 0.3) is 0 Å². The van der Waals surface area contributed by atoms with Gasteiger partial charge in [-0.2, -0.15) is 0 Å². The number of benzene rings is 1. The van der Waals surface area contributed by atoms with Crippen molar-refractivity contribution in [2.75, 3.05) is 18.5 Å². The van der Waals surface area contributed by atoms with Crippen molar-refractivity contribution < 1.29 is 19.9 Å². The standard InChI is InChI=1S/C13H18N2O5/c16-9-4-2-1-3-8-14-12-10(13(17)18)6-5-7-11(12)15(19)20/h5-7,14,16H,1-4,8-9H2,(H,17,18). The molecule has 0 aliphatic carbocycles. The number of unbranched alkanes of at least 4 members (excludes halogenated alkanes) is 3. The molecule has 0 amide bonds. The molecular weight excluding hydrogens is 264 g/mol. The lowest BCUT2D eigenvalue weighted by atomic mass is 10.1. The SMILES string of the molecule is O=C(O)c1cccc([N+](=O)[O-])c1NCCCCCCO. The summed E-state index contributed by atoms with van der Waals surface area (Å²) in [7, 11) is 0. The summed E-state index contributed by atoms with van der Waals surface area (Å²) in [6, 6.07) is 3.97. The summed E-state index contributed by atoms with van der Waals surface area (Å²) in [6.45, 7) is 0.608. The van der Waals surface area contributed by atoms with E-state index in [1.54, 1.807) is 0 Å². The van der Waals surface area contributed by atoms with Gasteiger partial charge in [0.2, 0.25) is 0 Å². The molecule has 0 aliphatic heterocycles. The van der Waals surface area contributed by atoms with Gasteiger partial charge in [-0.25, -0.2) is 4.79 Å². The van der Waals surface area contributed by atoms with E-state index in [1.807, 2.05) is 0 Å². The van der Waals surface area contributed by atoms with Crippen molar-refractivity contribution in [3.8, 4) is 0 Å². The molecule has 0 aliphatic rings. The number of carbonyl (C=O) groups is 1. The Morgan fingerprint density at radius 2 is 1.95 bits per heavy atom. The maximum atomic E-state index is 11.1. The van der Waals surface area contributed by atoms with Crippen LogP contribution in [0.1, 0.15) is 36.0 Å². The Labute approximate surface area is 116 Å². The van der Waals surface area contributed by atoms with Gasteiger partial charge in [0.05, 0.1) is 10.5 Å². The molecule has 0 unspecified atom stereocenters. The number of aliphatic hydroxyl groups is 1. The van der Waals surface area contributed by atoms with Crippen LogP contribution in [0, 0.1) is 10.1 Å². The van der Waals surface area contributed by atoms with Gasteiger partial charge in [-0.15, -0.1) is 0 Å². The summed E-state index contributed by atoms with van der Waals surface area (Å²) < 4.78 is 0. The molecule has 0 aromatic heterocycles. The van der Waals surface area contributed by atoms with Gasteiger partial charge in [0, 0.05) is 19.2 Å². The topological polar surface area (TPSA) is 113 Å². The van der Waals surface area contributed by atoms with Gasteiger partial charge in [-0.3, -0.25) is 10.1 Å². The minimum Gasteiger partial charge on any atom is -0.478 e. The second-order valence-corrected chi connectivity index (χ2v) is 4.33. The Kier molecular flexibility index (Phi) is 6.45. The molecule has 1 aromatic rings. The highest BCUT2D eigenvalue weighted by molar-refractivity contribution is 5.96. The lowest BCUT2D eigenvalue weighted by Gasteiger charge is -2.09. The first kappa shape index (κ1) is 15.9. The Morgan fingerprint density at radius 1 is 1.25 bits per heavy atom. The number of aromatic carboxylic acids is 1. The van der Waals surface area contributed by atoms with Crippen LogP contribution < -0.4 is 5.32 Å². The van der Waals surface area contributed by atoms with Crippen molar-refractivity contribution in [3.63, 3.8) is 0 Å². The zero-order chi connectivity index (χ0) is 15.0. The second kappa shape index (κ2) is 8.11. The smallest absolute Gasteiger partial charge is 0.338 e. The third-order valence-corrected chi connectivity index (χ3v) is 2.86. The molecule has 0 atom stereocenters. The van der Waals surface area contributed by atoms with Crippen molar-refractivity contribution in [2.45, 2.75) is 25.7 Å². The molecule has 0 bridgehead atoms. The summed E-state index contributed by atoms with van der Waals surface area (Å²) in [5, 5.41) is 31.4. The molecule has 0 saturated carbocycles. The first-order chi connectivity index (χ1) is 9.57. The number of hydrogen-bond acceptors (Lipinski definition) is 5. The van der Waals surface area contributed by atoms with Crippen LogP contribution in [-0.4, -0.2) is 34.3 Å². The maximum absolute atomic E-state index is 11.1. The molecule has 0 saturated heterocycles. The molecule has 0 spiro atoms. The van der Waals surface area contributed by atoms with Crippen LogP contribution in [0.2, 0.25) is 0 Å². The predicted octanol–water partition coefficient (Wildman–Crippen LogP) is 2.26. The first-order valence-electron chi connectivity index (χ1n) is 6.43. The van der Waals surface area contributed by atoms with Crippen molar-refractivity contribution in [1.29, 1.82) is 0 Å². The van der Waals surface area contributed by atoms with Gasteiger partial charge >= 0.3 is 5.97 Å². The number of anilines is 1. The van der Waals surface area contributed by atoms with Gasteiger partial charge in [-0.05, 0) is 18.9 Å². The monoisotopic (exact) mass is 282 g/mol. The van der Waals surface area contributed by atoms with E-state index in [-0.39, 0.29) is 23.5 Å². The molecule has 1 rings (SSSR count). The van der Waals surface area contributed by atoms with E-state index in [4.69, 9.17) is 10.2 Å². The van der Waals surface area contributed by atoms with Crippen LogP contribution >= 0.6 is 0 Å². The zero-order valence-corrected chi connectivity index (χ0v) is 11.0. The fraction of sp³-hybridized carbons (Fsp3) is 0.462. The van der Waals surface area contributed by atoms with E-state index in [2.05, 4.69) is 5.32 Å². The summed E-state index contributed by atoms with van der Waals surface area (Å²) in [5.41, 5.74) is -0.290. The molecule has 7 heteroatoms. The number of nitro benzene ring substituents is 1. The fourth-order valence-corrected chi connectivity index (χ4v) is 1.86. The Bertz CT molecular complexity index is 444. The normalized spacial score (nSPS) is 10.2. The number of carboxylic acids is 1. The van der Waals surface area contributed by atoms with Crippen LogP contribution in [0.4, 0.5) is 11.4 Å². The van der Waals surface area contributed by atoms with Gasteiger partial charge in [0.15, 0.2) is 0 Å². The second-order valence-electron chi connectivity index (χ2n) is 4.33. The maximum Gasteiger partial charge on any atom is 0.338 e. The third-order valence-electron chi connectivity index (χ3n) is 2.86. The lowest BCUT2D eigenvalue weighted by Crippen LogP contribution is -2.10. The Morgan fingerprint density at radius 3 is 2.55 bits per heavy atom. The largest absolute Gasteiger partial charge is 0.478 e. The van der Waals surface area contributed by atoms with Crippen LogP contribution in [-0.2, 0) is 0 Å². The average molecular weight is 282 g/mol. The molecule has 1 aromatic carbocycles. The van der Waals surface area contributed by atoms with Gasteiger partial charge in [0.1, 0.15) is 5.69 Å². The van der Waals surface area contributed by atoms with Crippen LogP contribution in [0.5, 0.6) is 0 Å². The number of rotatable bonds is 9. The van der Waals surface area contributed by atoms with Crippen LogP contribution in [0.15, 0.2) is 18.2 Å². The van der Waals surface area contributed by atoms with Gasteiger partial charge in [-0.1, -0.05) is 18.9 Å². The predicted molar refractivity (Wildman–Crippen MR) is 74.1 cm³/mol. The summed E-state index contributed by atoms with van der Waals surface area (Å²) >= 11 is 0. The Balaban J connectivity index is 2.71. The number of aliphatic hydroxyl groups excluding tert-OH is 1.